The molecule has 0 radical (unpaired) electrons. The van der Waals surface area contributed by atoms with Gasteiger partial charge in [-0.3, -0.25) is 24.4 Å². The van der Waals surface area contributed by atoms with Gasteiger partial charge < -0.3 is 14.6 Å². The second kappa shape index (κ2) is 26.2. The average molecular weight is 1180 g/mol. The normalized spacial score (nSPS) is 11.4. The quantitative estimate of drug-likeness (QED) is 0.0471. The molecule has 78 heavy (non-hydrogen) atoms. The number of thiazole rings is 2. The van der Waals surface area contributed by atoms with Crippen LogP contribution in [0.2, 0.25) is 10.0 Å². The molecule has 0 aliphatic heterocycles. The summed E-state index contributed by atoms with van der Waals surface area (Å²) in [6.07, 6.45) is 3.08. The van der Waals surface area contributed by atoms with Crippen LogP contribution in [-0.4, -0.2) is 49.8 Å². The highest BCUT2D eigenvalue weighted by Gasteiger charge is 2.30. The zero-order valence-corrected chi connectivity index (χ0v) is 47.0. The van der Waals surface area contributed by atoms with Crippen LogP contribution in [-0.2, 0) is 50.3 Å². The lowest BCUT2D eigenvalue weighted by Gasteiger charge is -2.16. The molecule has 22 heteroatoms. The Balaban J connectivity index is 0.000000214. The van der Waals surface area contributed by atoms with E-state index in [9.17, 15) is 53.9 Å². The molecule has 6 aromatic carbocycles. The van der Waals surface area contributed by atoms with Gasteiger partial charge in [0.1, 0.15) is 33.1 Å². The third-order valence-corrected chi connectivity index (χ3v) is 16.6. The van der Waals surface area contributed by atoms with Crippen molar-refractivity contribution in [1.82, 2.24) is 9.97 Å². The number of ether oxygens (including phenoxy) is 2. The van der Waals surface area contributed by atoms with Crippen molar-refractivity contribution in [2.45, 2.75) is 62.8 Å². The molecule has 0 saturated carbocycles. The Morgan fingerprint density at radius 2 is 0.936 bits per heavy atom. The monoisotopic (exact) mass is 1180 g/mol. The van der Waals surface area contributed by atoms with Gasteiger partial charge in [-0.05, 0) is 58.7 Å². The van der Waals surface area contributed by atoms with Crippen molar-refractivity contribution in [2.24, 2.45) is 17.8 Å². The molecular weight excluding hydrogens is 1140 g/mol. The van der Waals surface area contributed by atoms with Crippen LogP contribution in [0.1, 0.15) is 52.7 Å². The van der Waals surface area contributed by atoms with E-state index in [4.69, 9.17) is 27.9 Å². The summed E-state index contributed by atoms with van der Waals surface area (Å²) in [5.74, 6) is -8.81. The molecule has 0 saturated heterocycles. The van der Waals surface area contributed by atoms with Gasteiger partial charge in [0.15, 0.2) is 31.2 Å². The molecule has 0 bridgehead atoms. The van der Waals surface area contributed by atoms with E-state index in [-0.39, 0.29) is 54.8 Å². The summed E-state index contributed by atoms with van der Waals surface area (Å²) in [5, 5.41) is 10.0. The van der Waals surface area contributed by atoms with Gasteiger partial charge in [0.2, 0.25) is 0 Å². The zero-order chi connectivity index (χ0) is 57.2. The molecular formula is C56H48Cl2F4N2O10S4. The zero-order valence-electron chi connectivity index (χ0n) is 42.3. The van der Waals surface area contributed by atoms with Crippen LogP contribution in [0.4, 0.5) is 17.6 Å². The Morgan fingerprint density at radius 1 is 0.538 bits per heavy atom. The summed E-state index contributed by atoms with van der Waals surface area (Å²) in [6.45, 7) is 9.95. The summed E-state index contributed by atoms with van der Waals surface area (Å²) < 4.78 is 121. The smallest absolute Gasteiger partial charge is 0.316 e. The first-order chi connectivity index (χ1) is 36.8. The van der Waals surface area contributed by atoms with Crippen molar-refractivity contribution < 1.29 is 63.4 Å². The molecule has 0 atom stereocenters. The minimum atomic E-state index is -4.33. The predicted molar refractivity (Wildman–Crippen MR) is 293 cm³/mol. The minimum Gasteiger partial charge on any atom is -0.505 e. The van der Waals surface area contributed by atoms with E-state index in [0.29, 0.717) is 44.1 Å². The highest BCUT2D eigenvalue weighted by Crippen LogP contribution is 2.42. The minimum absolute atomic E-state index is 0.0603. The first-order valence-electron chi connectivity index (χ1n) is 23.4. The number of esters is 3. The van der Waals surface area contributed by atoms with Crippen LogP contribution in [0, 0.1) is 41.0 Å². The first kappa shape index (κ1) is 60.4. The number of halogens is 6. The van der Waals surface area contributed by atoms with Crippen molar-refractivity contribution in [1.29, 1.82) is 0 Å². The number of carbonyl (C=O) groups excluding carboxylic acids is 3. The van der Waals surface area contributed by atoms with E-state index in [1.54, 1.807) is 113 Å². The van der Waals surface area contributed by atoms with Gasteiger partial charge >= 0.3 is 17.9 Å². The van der Waals surface area contributed by atoms with Crippen molar-refractivity contribution in [2.75, 3.05) is 0 Å². The molecule has 8 aromatic rings. The van der Waals surface area contributed by atoms with E-state index in [1.165, 1.54) is 71.5 Å². The largest absolute Gasteiger partial charge is 0.505 e. The number of aromatic nitrogens is 2. The summed E-state index contributed by atoms with van der Waals surface area (Å²) in [6, 6.07) is 26.0. The second-order valence-corrected chi connectivity index (χ2v) is 24.5. The van der Waals surface area contributed by atoms with Gasteiger partial charge in [-0.1, -0.05) is 125 Å². The maximum atomic E-state index is 14.8. The molecule has 0 spiro atoms. The number of phenolic OH excluding ortho intramolecular Hbond substituents is 1. The number of benzene rings is 6. The summed E-state index contributed by atoms with van der Waals surface area (Å²) in [5.41, 5.74) is 4.66. The van der Waals surface area contributed by atoms with E-state index >= 15 is 0 Å². The molecule has 2 aromatic heterocycles. The Morgan fingerprint density at radius 3 is 1.33 bits per heavy atom. The van der Waals surface area contributed by atoms with Crippen LogP contribution < -0.4 is 4.74 Å². The highest BCUT2D eigenvalue weighted by molar-refractivity contribution is 7.91. The van der Waals surface area contributed by atoms with Gasteiger partial charge in [0.05, 0.1) is 60.1 Å². The molecule has 0 amide bonds. The van der Waals surface area contributed by atoms with E-state index in [1.807, 2.05) is 0 Å². The molecule has 0 aliphatic carbocycles. The fraction of sp³-hybridized carbons (Fsp3) is 0.196. The second-order valence-electron chi connectivity index (χ2n) is 18.0. The van der Waals surface area contributed by atoms with Gasteiger partial charge in [-0.2, -0.15) is 0 Å². The number of hydrogen-bond donors (Lipinski definition) is 1. The molecule has 0 fully saturated rings. The molecule has 0 aliphatic rings. The molecule has 12 nitrogen and oxygen atoms in total. The fourth-order valence-electron chi connectivity index (χ4n) is 6.92. The number of hydrogen-bond acceptors (Lipinski definition) is 14. The van der Waals surface area contributed by atoms with Gasteiger partial charge in [0, 0.05) is 46.8 Å². The Labute approximate surface area is 466 Å². The lowest BCUT2D eigenvalue weighted by atomic mass is 10.0. The van der Waals surface area contributed by atoms with Gasteiger partial charge in [0.25, 0.3) is 0 Å². The first-order valence-corrected chi connectivity index (χ1v) is 29.2. The van der Waals surface area contributed by atoms with Crippen LogP contribution in [0.5, 0.6) is 11.5 Å². The van der Waals surface area contributed by atoms with Gasteiger partial charge in [-0.25, -0.2) is 34.4 Å². The third-order valence-electron chi connectivity index (χ3n) is 11.1. The Kier molecular flexibility index (Phi) is 20.3. The summed E-state index contributed by atoms with van der Waals surface area (Å²) >= 11 is 15.0. The number of sulfone groups is 2. The van der Waals surface area contributed by atoms with Crippen molar-refractivity contribution in [3.8, 4) is 54.6 Å². The number of carbonyl (C=O) groups is 3. The maximum absolute atomic E-state index is 14.8. The Hall–Kier alpha value is -6.81. The van der Waals surface area contributed by atoms with Crippen molar-refractivity contribution >= 4 is 83.5 Å². The maximum Gasteiger partial charge on any atom is 0.316 e. The van der Waals surface area contributed by atoms with Crippen molar-refractivity contribution in [3.05, 3.63) is 177 Å². The number of phenols is 1. The fourth-order valence-corrected chi connectivity index (χ4v) is 11.8. The third kappa shape index (κ3) is 15.3. The van der Waals surface area contributed by atoms with Crippen LogP contribution in [0.25, 0.3) is 43.1 Å². The predicted octanol–water partition coefficient (Wildman–Crippen LogP) is 14.4. The molecule has 1 N–H and O–H groups in total. The lowest BCUT2D eigenvalue weighted by molar-refractivity contribution is -0.164. The molecule has 2 heterocycles. The van der Waals surface area contributed by atoms with Crippen molar-refractivity contribution in [3.63, 3.8) is 0 Å². The topological polar surface area (TPSA) is 184 Å². The van der Waals surface area contributed by atoms with E-state index in [2.05, 4.69) is 14.7 Å². The summed E-state index contributed by atoms with van der Waals surface area (Å²) in [7, 11) is -8.55. The number of nitrogens with zero attached hydrogens (tertiary/aromatic N) is 2. The van der Waals surface area contributed by atoms with E-state index in [0.717, 1.165) is 0 Å². The lowest BCUT2D eigenvalue weighted by Crippen LogP contribution is -2.20. The molecule has 408 valence electrons. The molecule has 8 rings (SSSR count). The van der Waals surface area contributed by atoms with Gasteiger partial charge in [-0.15, -0.1) is 22.7 Å². The SMILES string of the molecule is CC(C)C(=O)OC(=O)C(C)C.CC(C)C(=O)Oc1c(Cl)cc(-c2cncs2)cc1S(=O)(=O)Cc1cc(-c2ccccc2)c(F)cc1F.O=S(=O)(Cc1cc(-c2ccccc2)c(F)cc1F)c1cc(-c2cncs2)cc(Cl)c1O. The molecule has 0 unspecified atom stereocenters. The van der Waals surface area contributed by atoms with Crippen LogP contribution >= 0.6 is 45.9 Å². The summed E-state index contributed by atoms with van der Waals surface area (Å²) in [4.78, 5) is 42.4. The van der Waals surface area contributed by atoms with Crippen LogP contribution in [0.15, 0.2) is 142 Å². The number of rotatable bonds is 14. The Bertz CT molecular complexity index is 3660. The van der Waals surface area contributed by atoms with Crippen LogP contribution in [0.3, 0.4) is 0 Å². The standard InChI is InChI=1S/C26H20ClF2NO4S2.C22H14ClF2NO3S2.C8H14O3/c1-15(2)26(31)34-25-20(27)9-17(23-12-30-14-35-23)10-24(25)36(32,33)13-18-8-19(22(29)11-21(18)28)16-6-4-3-5-7-16;23-17-7-14(20-10-26-12-30-20)8-21(22(17)27)31(28,29)11-15-6-16(19(25)9-18(15)24)13-4-2-1-3-5-13;1-5(2)7(9)11-8(10)6(3)4/h3-12,14-15H,13H2,1-2H3;1-10,12,27H,11H2;5-6H,1-4H3. The van der Waals surface area contributed by atoms with E-state index < -0.39 is 88.9 Å². The number of aromatic hydroxyl groups is 1. The average Bonchev–Trinajstić information content (AvgIpc) is 4.18. The highest BCUT2D eigenvalue weighted by atomic mass is 35.5.